The molecule has 144 valence electrons. The Labute approximate surface area is 154 Å². The highest BCUT2D eigenvalue weighted by Crippen LogP contribution is 2.37. The van der Waals surface area contributed by atoms with Gasteiger partial charge in [-0.3, -0.25) is 14.9 Å². The lowest BCUT2D eigenvalue weighted by molar-refractivity contribution is -0.385. The monoisotopic (exact) mass is 402 g/mol. The number of esters is 1. The molecule has 1 aromatic heterocycles. The Balaban J connectivity index is 2.16. The molecular weight excluding hydrogens is 389 g/mol. The third-order valence-electron chi connectivity index (χ3n) is 3.37. The molecule has 1 amide bonds. The van der Waals surface area contributed by atoms with E-state index in [1.807, 2.05) is 5.32 Å². The number of nitrogens with zero attached hydrogens (tertiary/aromatic N) is 1. The van der Waals surface area contributed by atoms with E-state index < -0.39 is 46.0 Å². The van der Waals surface area contributed by atoms with Crippen LogP contribution in [-0.2, 0) is 15.7 Å². The minimum absolute atomic E-state index is 0.249. The van der Waals surface area contributed by atoms with Crippen LogP contribution in [0.25, 0.3) is 0 Å². The highest BCUT2D eigenvalue weighted by atomic mass is 32.1. The number of thiophene rings is 1. The zero-order chi connectivity index (χ0) is 20.4. The number of non-ortho nitro benzene ring substituents is 1. The first-order chi connectivity index (χ1) is 12.5. The van der Waals surface area contributed by atoms with Gasteiger partial charge in [-0.15, -0.1) is 11.3 Å². The zero-order valence-electron chi connectivity index (χ0n) is 14.0. The predicted molar refractivity (Wildman–Crippen MR) is 90.7 cm³/mol. The number of aryl methyl sites for hydroxylation is 1. The van der Waals surface area contributed by atoms with Crippen LogP contribution in [0.5, 0.6) is 0 Å². The number of halogens is 3. The van der Waals surface area contributed by atoms with Crippen molar-refractivity contribution in [3.63, 3.8) is 0 Å². The molecule has 0 saturated carbocycles. The van der Waals surface area contributed by atoms with Crippen LogP contribution < -0.4 is 5.32 Å². The van der Waals surface area contributed by atoms with Crippen molar-refractivity contribution >= 4 is 34.6 Å². The Morgan fingerprint density at radius 2 is 1.93 bits per heavy atom. The average molecular weight is 402 g/mol. The van der Waals surface area contributed by atoms with E-state index in [9.17, 15) is 32.9 Å². The molecule has 27 heavy (non-hydrogen) atoms. The van der Waals surface area contributed by atoms with E-state index in [0.29, 0.717) is 6.07 Å². The third-order valence-corrected chi connectivity index (χ3v) is 4.35. The van der Waals surface area contributed by atoms with Crippen LogP contribution in [0.1, 0.15) is 27.0 Å². The van der Waals surface area contributed by atoms with Gasteiger partial charge >= 0.3 is 12.1 Å². The van der Waals surface area contributed by atoms with Gasteiger partial charge in [-0.25, -0.2) is 4.79 Å². The molecule has 1 N–H and O–H groups in total. The SMILES string of the molecule is Cc1ccc(C(=O)O[C@@H](C)C(=O)Nc2ccc([N+](=O)[O-])cc2C(F)(F)F)s1. The van der Waals surface area contributed by atoms with Crippen LogP contribution >= 0.6 is 11.3 Å². The molecule has 0 radical (unpaired) electrons. The molecule has 1 atom stereocenters. The number of alkyl halides is 3. The van der Waals surface area contributed by atoms with Crippen molar-refractivity contribution in [2.45, 2.75) is 26.1 Å². The second kappa shape index (κ2) is 7.74. The Morgan fingerprint density at radius 1 is 1.26 bits per heavy atom. The van der Waals surface area contributed by atoms with E-state index in [-0.39, 0.29) is 4.88 Å². The Morgan fingerprint density at radius 3 is 2.44 bits per heavy atom. The van der Waals surface area contributed by atoms with Gasteiger partial charge in [0.2, 0.25) is 0 Å². The first kappa shape index (κ1) is 20.4. The normalized spacial score (nSPS) is 12.3. The van der Waals surface area contributed by atoms with Crippen LogP contribution in [0.15, 0.2) is 30.3 Å². The standard InChI is InChI=1S/C16H13F3N2O5S/c1-8-3-6-13(27-8)15(23)26-9(2)14(22)20-12-5-4-10(21(24)25)7-11(12)16(17,18)19/h3-7,9H,1-2H3,(H,20,22)/t9-/m0/s1. The molecule has 11 heteroatoms. The molecule has 1 heterocycles. The van der Waals surface area contributed by atoms with Crippen molar-refractivity contribution in [1.29, 1.82) is 0 Å². The number of rotatable bonds is 5. The van der Waals surface area contributed by atoms with Crippen LogP contribution in [0.3, 0.4) is 0 Å². The zero-order valence-corrected chi connectivity index (χ0v) is 14.8. The molecule has 0 unspecified atom stereocenters. The van der Waals surface area contributed by atoms with Gasteiger partial charge in [0.15, 0.2) is 6.10 Å². The van der Waals surface area contributed by atoms with Gasteiger partial charge in [-0.2, -0.15) is 13.2 Å². The smallest absolute Gasteiger partial charge is 0.418 e. The summed E-state index contributed by atoms with van der Waals surface area (Å²) >= 11 is 1.14. The van der Waals surface area contributed by atoms with Crippen LogP contribution in [-0.4, -0.2) is 22.9 Å². The van der Waals surface area contributed by atoms with Gasteiger partial charge in [-0.1, -0.05) is 0 Å². The molecule has 0 aliphatic heterocycles. The Hall–Kier alpha value is -2.95. The summed E-state index contributed by atoms with van der Waals surface area (Å²) in [7, 11) is 0. The number of benzene rings is 1. The van der Waals surface area contributed by atoms with Crippen molar-refractivity contribution in [3.05, 3.63) is 55.8 Å². The van der Waals surface area contributed by atoms with Crippen LogP contribution in [0.4, 0.5) is 24.5 Å². The molecule has 2 aromatic rings. The summed E-state index contributed by atoms with van der Waals surface area (Å²) < 4.78 is 44.3. The number of amides is 1. The molecule has 7 nitrogen and oxygen atoms in total. The Bertz CT molecular complexity index is 894. The van der Waals surface area contributed by atoms with E-state index in [1.165, 1.54) is 13.0 Å². The minimum atomic E-state index is -4.93. The number of nitro benzene ring substituents is 1. The molecule has 0 fully saturated rings. The average Bonchev–Trinajstić information content (AvgIpc) is 3.00. The third kappa shape index (κ3) is 5.03. The maximum Gasteiger partial charge on any atom is 0.418 e. The number of anilines is 1. The van der Waals surface area contributed by atoms with E-state index >= 15 is 0 Å². The van der Waals surface area contributed by atoms with Gasteiger partial charge in [0.1, 0.15) is 4.88 Å². The van der Waals surface area contributed by atoms with Crippen molar-refractivity contribution in [2.24, 2.45) is 0 Å². The highest BCUT2D eigenvalue weighted by Gasteiger charge is 2.36. The van der Waals surface area contributed by atoms with E-state index in [2.05, 4.69) is 0 Å². The molecule has 2 rings (SSSR count). The summed E-state index contributed by atoms with van der Waals surface area (Å²) in [6, 6.07) is 5.11. The first-order valence-electron chi connectivity index (χ1n) is 7.43. The van der Waals surface area contributed by atoms with Crippen molar-refractivity contribution in [2.75, 3.05) is 5.32 Å². The molecule has 0 bridgehead atoms. The number of ether oxygens (including phenoxy) is 1. The number of nitro groups is 1. The summed E-state index contributed by atoms with van der Waals surface area (Å²) in [6.45, 7) is 2.97. The molecule has 0 aliphatic rings. The highest BCUT2D eigenvalue weighted by molar-refractivity contribution is 7.13. The molecule has 0 aliphatic carbocycles. The van der Waals surface area contributed by atoms with Crippen molar-refractivity contribution < 1.29 is 32.4 Å². The number of carbonyl (C=O) groups excluding carboxylic acids is 2. The van der Waals surface area contributed by atoms with Gasteiger partial charge < -0.3 is 10.1 Å². The largest absolute Gasteiger partial charge is 0.448 e. The number of nitrogens with one attached hydrogen (secondary N) is 1. The maximum absolute atomic E-state index is 13.1. The summed E-state index contributed by atoms with van der Waals surface area (Å²) in [4.78, 5) is 34.8. The van der Waals surface area contributed by atoms with Gasteiger partial charge in [0.25, 0.3) is 11.6 Å². The molecule has 0 saturated heterocycles. The van der Waals surface area contributed by atoms with Gasteiger partial charge in [0, 0.05) is 17.0 Å². The maximum atomic E-state index is 13.1. The molecular formula is C16H13F3N2O5S. The topological polar surface area (TPSA) is 98.5 Å². The number of carbonyl (C=O) groups is 2. The van der Waals surface area contributed by atoms with Crippen LogP contribution in [0.2, 0.25) is 0 Å². The first-order valence-corrected chi connectivity index (χ1v) is 8.24. The number of hydrogen-bond acceptors (Lipinski definition) is 6. The van der Waals surface area contributed by atoms with Crippen molar-refractivity contribution in [1.82, 2.24) is 0 Å². The van der Waals surface area contributed by atoms with Crippen LogP contribution in [0, 0.1) is 17.0 Å². The fourth-order valence-electron chi connectivity index (χ4n) is 2.04. The lowest BCUT2D eigenvalue weighted by atomic mass is 10.1. The lowest BCUT2D eigenvalue weighted by Gasteiger charge is -2.16. The van der Waals surface area contributed by atoms with Gasteiger partial charge in [0.05, 0.1) is 16.2 Å². The second-order valence-electron chi connectivity index (χ2n) is 5.43. The predicted octanol–water partition coefficient (Wildman–Crippen LogP) is 4.17. The van der Waals surface area contributed by atoms with Gasteiger partial charge in [-0.05, 0) is 32.0 Å². The fraction of sp³-hybridized carbons (Fsp3) is 0.250. The quantitative estimate of drug-likeness (QED) is 0.460. The van der Waals surface area contributed by atoms with E-state index in [4.69, 9.17) is 4.74 Å². The minimum Gasteiger partial charge on any atom is -0.448 e. The summed E-state index contributed by atoms with van der Waals surface area (Å²) in [5.74, 6) is -1.79. The Kier molecular flexibility index (Phi) is 5.84. The van der Waals surface area contributed by atoms with E-state index in [0.717, 1.165) is 28.3 Å². The van der Waals surface area contributed by atoms with E-state index in [1.54, 1.807) is 13.0 Å². The summed E-state index contributed by atoms with van der Waals surface area (Å²) in [5.41, 5.74) is -2.82. The molecule has 1 aromatic carbocycles. The summed E-state index contributed by atoms with van der Waals surface area (Å²) in [5, 5.41) is 12.7. The second-order valence-corrected chi connectivity index (χ2v) is 6.72. The lowest BCUT2D eigenvalue weighted by Crippen LogP contribution is -2.30. The fourth-order valence-corrected chi connectivity index (χ4v) is 2.79. The molecule has 0 spiro atoms. The number of hydrogen-bond donors (Lipinski definition) is 1. The summed E-state index contributed by atoms with van der Waals surface area (Å²) in [6.07, 6.45) is -6.31. The van der Waals surface area contributed by atoms with Crippen molar-refractivity contribution in [3.8, 4) is 0 Å².